The molecule has 0 spiro atoms. The van der Waals surface area contributed by atoms with E-state index in [1.165, 1.54) is 0 Å². The molecule has 1 aliphatic rings. The molecule has 5 heteroatoms. The lowest BCUT2D eigenvalue weighted by Gasteiger charge is -2.35. The van der Waals surface area contributed by atoms with Gasteiger partial charge in [0.15, 0.2) is 0 Å². The Morgan fingerprint density at radius 1 is 1.22 bits per heavy atom. The van der Waals surface area contributed by atoms with Crippen molar-refractivity contribution >= 4 is 0 Å². The van der Waals surface area contributed by atoms with Crippen LogP contribution in [0.1, 0.15) is 6.92 Å². The van der Waals surface area contributed by atoms with Crippen molar-refractivity contribution in [3.63, 3.8) is 0 Å². The summed E-state index contributed by atoms with van der Waals surface area (Å²) < 4.78 is 0. The SMILES string of the molecule is CCNC(C#N)CN1CCN(CCN(C)C)CC1. The van der Waals surface area contributed by atoms with Gasteiger partial charge < -0.3 is 10.2 Å². The second-order valence-corrected chi connectivity index (χ2v) is 5.18. The summed E-state index contributed by atoms with van der Waals surface area (Å²) in [4.78, 5) is 7.12. The predicted octanol–water partition coefficient (Wildman–Crippen LogP) is -0.333. The first kappa shape index (κ1) is 15.4. The van der Waals surface area contributed by atoms with Gasteiger partial charge in [-0.3, -0.25) is 9.80 Å². The van der Waals surface area contributed by atoms with Gasteiger partial charge in [-0.05, 0) is 20.6 Å². The van der Waals surface area contributed by atoms with Crippen LogP contribution in [-0.4, -0.2) is 87.2 Å². The Labute approximate surface area is 111 Å². The molecule has 0 radical (unpaired) electrons. The zero-order valence-electron chi connectivity index (χ0n) is 12.0. The van der Waals surface area contributed by atoms with Crippen molar-refractivity contribution in [1.29, 1.82) is 5.26 Å². The second kappa shape index (κ2) is 8.44. The normalized spacial score (nSPS) is 19.9. The predicted molar refractivity (Wildman–Crippen MR) is 74.5 cm³/mol. The van der Waals surface area contributed by atoms with E-state index in [0.717, 1.165) is 52.4 Å². The summed E-state index contributed by atoms with van der Waals surface area (Å²) in [5.74, 6) is 0. The summed E-state index contributed by atoms with van der Waals surface area (Å²) in [6.07, 6.45) is 0. The smallest absolute Gasteiger partial charge is 0.108 e. The van der Waals surface area contributed by atoms with E-state index in [1.807, 2.05) is 6.92 Å². The van der Waals surface area contributed by atoms with Gasteiger partial charge in [-0.1, -0.05) is 6.92 Å². The third kappa shape index (κ3) is 5.78. The Kier molecular flexibility index (Phi) is 7.21. The van der Waals surface area contributed by atoms with Crippen molar-refractivity contribution in [3.05, 3.63) is 0 Å². The van der Waals surface area contributed by atoms with E-state index < -0.39 is 0 Å². The molecule has 1 fully saturated rings. The Bertz CT molecular complexity index is 253. The minimum atomic E-state index is -0.0247. The molecule has 1 heterocycles. The number of rotatable bonds is 7. The molecule has 1 rings (SSSR count). The molecular weight excluding hydrogens is 226 g/mol. The molecule has 104 valence electrons. The van der Waals surface area contributed by atoms with Crippen molar-refractivity contribution in [3.8, 4) is 6.07 Å². The maximum Gasteiger partial charge on any atom is 0.108 e. The summed E-state index contributed by atoms with van der Waals surface area (Å²) in [7, 11) is 4.23. The lowest BCUT2D eigenvalue weighted by atomic mass is 10.2. The number of hydrogen-bond acceptors (Lipinski definition) is 5. The molecule has 0 amide bonds. The van der Waals surface area contributed by atoms with Gasteiger partial charge in [0.1, 0.15) is 6.04 Å². The van der Waals surface area contributed by atoms with Crippen LogP contribution in [-0.2, 0) is 0 Å². The standard InChI is InChI=1S/C13H27N5/c1-4-15-13(11-14)12-18-9-7-17(8-10-18)6-5-16(2)3/h13,15H,4-10,12H2,1-3H3. The molecule has 18 heavy (non-hydrogen) atoms. The lowest BCUT2D eigenvalue weighted by Crippen LogP contribution is -2.51. The molecule has 0 aromatic carbocycles. The lowest BCUT2D eigenvalue weighted by molar-refractivity contribution is 0.121. The molecule has 0 aromatic heterocycles. The van der Waals surface area contributed by atoms with Gasteiger partial charge in [-0.15, -0.1) is 0 Å². The van der Waals surface area contributed by atoms with Gasteiger partial charge in [0.25, 0.3) is 0 Å². The fraction of sp³-hybridized carbons (Fsp3) is 0.923. The molecule has 1 aliphatic heterocycles. The third-order valence-corrected chi connectivity index (χ3v) is 3.38. The number of nitrogens with zero attached hydrogens (tertiary/aromatic N) is 4. The van der Waals surface area contributed by atoms with Crippen LogP contribution < -0.4 is 5.32 Å². The quantitative estimate of drug-likeness (QED) is 0.673. The fourth-order valence-electron chi connectivity index (χ4n) is 2.19. The first-order valence-corrected chi connectivity index (χ1v) is 6.88. The maximum absolute atomic E-state index is 9.03. The molecular formula is C13H27N5. The van der Waals surface area contributed by atoms with Crippen molar-refractivity contribution in [1.82, 2.24) is 20.0 Å². The maximum atomic E-state index is 9.03. The number of nitrogens with one attached hydrogen (secondary N) is 1. The summed E-state index contributed by atoms with van der Waals surface area (Å²) in [5, 5.41) is 12.2. The van der Waals surface area contributed by atoms with E-state index in [1.54, 1.807) is 0 Å². The highest BCUT2D eigenvalue weighted by Crippen LogP contribution is 2.02. The zero-order chi connectivity index (χ0) is 13.4. The molecule has 1 atom stereocenters. The van der Waals surface area contributed by atoms with Crippen LogP contribution >= 0.6 is 0 Å². The van der Waals surface area contributed by atoms with Crippen LogP contribution in [0.3, 0.4) is 0 Å². The van der Waals surface area contributed by atoms with Crippen molar-refractivity contribution < 1.29 is 0 Å². The highest BCUT2D eigenvalue weighted by Gasteiger charge is 2.19. The first-order valence-electron chi connectivity index (χ1n) is 6.88. The highest BCUT2D eigenvalue weighted by atomic mass is 15.3. The van der Waals surface area contributed by atoms with Crippen LogP contribution in [0, 0.1) is 11.3 Å². The largest absolute Gasteiger partial charge is 0.308 e. The van der Waals surface area contributed by atoms with E-state index in [4.69, 9.17) is 5.26 Å². The molecule has 1 N–H and O–H groups in total. The van der Waals surface area contributed by atoms with Crippen LogP contribution in [0.15, 0.2) is 0 Å². The highest BCUT2D eigenvalue weighted by molar-refractivity contribution is 4.92. The fourth-order valence-corrected chi connectivity index (χ4v) is 2.19. The number of likely N-dealkylation sites (N-methyl/N-ethyl adjacent to an activating group) is 2. The number of hydrogen-bond donors (Lipinski definition) is 1. The van der Waals surface area contributed by atoms with Crippen LogP contribution in [0.2, 0.25) is 0 Å². The van der Waals surface area contributed by atoms with Gasteiger partial charge in [-0.2, -0.15) is 5.26 Å². The van der Waals surface area contributed by atoms with Gasteiger partial charge in [0.2, 0.25) is 0 Å². The van der Waals surface area contributed by atoms with Crippen LogP contribution in [0.5, 0.6) is 0 Å². The Balaban J connectivity index is 2.20. The van der Waals surface area contributed by atoms with Crippen LogP contribution in [0.4, 0.5) is 0 Å². The van der Waals surface area contributed by atoms with E-state index in [2.05, 4.69) is 40.2 Å². The number of nitriles is 1. The molecule has 0 aromatic rings. The second-order valence-electron chi connectivity index (χ2n) is 5.18. The summed E-state index contributed by atoms with van der Waals surface area (Å²) in [5.41, 5.74) is 0. The Morgan fingerprint density at radius 2 is 1.83 bits per heavy atom. The monoisotopic (exact) mass is 253 g/mol. The van der Waals surface area contributed by atoms with E-state index in [9.17, 15) is 0 Å². The Morgan fingerprint density at radius 3 is 2.33 bits per heavy atom. The molecule has 1 saturated heterocycles. The molecule has 1 unspecified atom stereocenters. The first-order chi connectivity index (χ1) is 8.65. The molecule has 0 bridgehead atoms. The van der Waals surface area contributed by atoms with E-state index in [0.29, 0.717) is 0 Å². The summed E-state index contributed by atoms with van der Waals surface area (Å²) in [6.45, 7) is 10.4. The molecule has 0 saturated carbocycles. The molecule has 0 aliphatic carbocycles. The summed E-state index contributed by atoms with van der Waals surface area (Å²) >= 11 is 0. The topological polar surface area (TPSA) is 45.5 Å². The third-order valence-electron chi connectivity index (χ3n) is 3.38. The van der Waals surface area contributed by atoms with Crippen LogP contribution in [0.25, 0.3) is 0 Å². The van der Waals surface area contributed by atoms with Gasteiger partial charge in [-0.25, -0.2) is 0 Å². The van der Waals surface area contributed by atoms with Gasteiger partial charge in [0.05, 0.1) is 6.07 Å². The van der Waals surface area contributed by atoms with E-state index >= 15 is 0 Å². The minimum Gasteiger partial charge on any atom is -0.308 e. The minimum absolute atomic E-state index is 0.0247. The average Bonchev–Trinajstić information content (AvgIpc) is 2.37. The molecule has 5 nitrogen and oxygen atoms in total. The number of piperazine rings is 1. The van der Waals surface area contributed by atoms with Crippen molar-refractivity contribution in [2.45, 2.75) is 13.0 Å². The zero-order valence-corrected chi connectivity index (χ0v) is 12.0. The van der Waals surface area contributed by atoms with Crippen molar-refractivity contribution in [2.24, 2.45) is 0 Å². The average molecular weight is 253 g/mol. The van der Waals surface area contributed by atoms with E-state index in [-0.39, 0.29) is 6.04 Å². The van der Waals surface area contributed by atoms with Gasteiger partial charge in [0, 0.05) is 45.8 Å². The van der Waals surface area contributed by atoms with Crippen molar-refractivity contribution in [2.75, 3.05) is 66.5 Å². The van der Waals surface area contributed by atoms with Gasteiger partial charge >= 0.3 is 0 Å². The summed E-state index contributed by atoms with van der Waals surface area (Å²) in [6, 6.07) is 2.30. The Hall–Kier alpha value is -0.670.